The van der Waals surface area contributed by atoms with Gasteiger partial charge in [-0.2, -0.15) is 12.6 Å². The van der Waals surface area contributed by atoms with Crippen molar-refractivity contribution < 1.29 is 4.79 Å². The molecule has 13 heavy (non-hydrogen) atoms. The monoisotopic (exact) mass is 197 g/mol. The maximum absolute atomic E-state index is 11.1. The molecule has 0 atom stereocenters. The van der Waals surface area contributed by atoms with Crippen LogP contribution in [-0.2, 0) is 0 Å². The molecule has 1 rings (SSSR count). The van der Waals surface area contributed by atoms with Gasteiger partial charge in [-0.15, -0.1) is 0 Å². The molecule has 1 aromatic heterocycles. The fraction of sp³-hybridized carbons (Fsp3) is 0.250. The number of hydrogen-bond acceptors (Lipinski definition) is 3. The lowest BCUT2D eigenvalue weighted by atomic mass is 10.5. The van der Waals surface area contributed by atoms with E-state index in [1.54, 1.807) is 24.4 Å². The van der Waals surface area contributed by atoms with Gasteiger partial charge in [-0.1, -0.05) is 6.07 Å². The Morgan fingerprint density at radius 3 is 3.00 bits per heavy atom. The third kappa shape index (κ3) is 3.80. The number of amides is 2. The van der Waals surface area contributed by atoms with Crippen LogP contribution in [0.15, 0.2) is 24.4 Å². The van der Waals surface area contributed by atoms with Crippen molar-refractivity contribution in [1.29, 1.82) is 0 Å². The number of hydrogen-bond donors (Lipinski definition) is 3. The normalized spacial score (nSPS) is 9.31. The maximum atomic E-state index is 11.1. The van der Waals surface area contributed by atoms with Gasteiger partial charge in [-0.25, -0.2) is 9.78 Å². The third-order valence-corrected chi connectivity index (χ3v) is 1.53. The van der Waals surface area contributed by atoms with Crippen LogP contribution in [0.4, 0.5) is 10.6 Å². The minimum absolute atomic E-state index is 0.257. The molecule has 0 aliphatic rings. The Morgan fingerprint density at radius 2 is 2.38 bits per heavy atom. The summed E-state index contributed by atoms with van der Waals surface area (Å²) >= 11 is 3.96. The van der Waals surface area contributed by atoms with Gasteiger partial charge in [0.2, 0.25) is 0 Å². The van der Waals surface area contributed by atoms with Crippen LogP contribution in [0.2, 0.25) is 0 Å². The molecule has 0 saturated carbocycles. The number of pyridine rings is 1. The van der Waals surface area contributed by atoms with Gasteiger partial charge in [-0.3, -0.25) is 5.32 Å². The summed E-state index contributed by atoms with van der Waals surface area (Å²) in [7, 11) is 0. The third-order valence-electron chi connectivity index (χ3n) is 1.30. The van der Waals surface area contributed by atoms with Crippen LogP contribution >= 0.6 is 12.6 Å². The first-order valence-electron chi connectivity index (χ1n) is 3.89. The molecule has 2 N–H and O–H groups in total. The summed E-state index contributed by atoms with van der Waals surface area (Å²) < 4.78 is 0. The van der Waals surface area contributed by atoms with Crippen molar-refractivity contribution in [3.63, 3.8) is 0 Å². The maximum Gasteiger partial charge on any atom is 0.320 e. The van der Waals surface area contributed by atoms with Gasteiger partial charge >= 0.3 is 6.03 Å². The van der Waals surface area contributed by atoms with Crippen molar-refractivity contribution in [2.45, 2.75) is 0 Å². The second kappa shape index (κ2) is 5.42. The summed E-state index contributed by atoms with van der Waals surface area (Å²) in [5, 5.41) is 5.20. The molecule has 0 spiro atoms. The predicted molar refractivity (Wildman–Crippen MR) is 55.1 cm³/mol. The number of carbonyl (C=O) groups is 1. The molecule has 1 aromatic rings. The number of thiol groups is 1. The Kier molecular flexibility index (Phi) is 4.11. The Labute approximate surface area is 82.2 Å². The van der Waals surface area contributed by atoms with E-state index in [4.69, 9.17) is 0 Å². The minimum Gasteiger partial charge on any atom is -0.337 e. The van der Waals surface area contributed by atoms with E-state index < -0.39 is 0 Å². The SMILES string of the molecule is O=C(NCCS)Nc1ccccn1. The molecule has 0 aromatic carbocycles. The number of aromatic nitrogens is 1. The number of anilines is 1. The quantitative estimate of drug-likeness (QED) is 0.636. The Balaban J connectivity index is 2.37. The molecular formula is C8H11N3OS. The number of rotatable bonds is 3. The lowest BCUT2D eigenvalue weighted by Crippen LogP contribution is -2.30. The minimum atomic E-state index is -0.257. The van der Waals surface area contributed by atoms with E-state index in [2.05, 4.69) is 28.2 Å². The molecule has 0 aliphatic heterocycles. The van der Waals surface area contributed by atoms with Crippen LogP contribution in [0.3, 0.4) is 0 Å². The van der Waals surface area contributed by atoms with E-state index in [0.29, 0.717) is 18.1 Å². The molecule has 70 valence electrons. The van der Waals surface area contributed by atoms with E-state index in [1.807, 2.05) is 0 Å². The lowest BCUT2D eigenvalue weighted by Gasteiger charge is -2.04. The van der Waals surface area contributed by atoms with Crippen LogP contribution < -0.4 is 10.6 Å². The molecular weight excluding hydrogens is 186 g/mol. The molecule has 0 saturated heterocycles. The zero-order chi connectivity index (χ0) is 9.52. The first-order valence-corrected chi connectivity index (χ1v) is 4.53. The molecule has 0 radical (unpaired) electrons. The molecule has 2 amide bonds. The fourth-order valence-electron chi connectivity index (χ4n) is 0.767. The highest BCUT2D eigenvalue weighted by Gasteiger charge is 1.98. The number of carbonyl (C=O) groups excluding carboxylic acids is 1. The summed E-state index contributed by atoms with van der Waals surface area (Å²) in [5.74, 6) is 1.16. The van der Waals surface area contributed by atoms with Crippen LogP contribution in [-0.4, -0.2) is 23.3 Å². The highest BCUT2D eigenvalue weighted by atomic mass is 32.1. The zero-order valence-corrected chi connectivity index (χ0v) is 7.92. The summed E-state index contributed by atoms with van der Waals surface area (Å²) in [6.07, 6.45) is 1.62. The fourth-order valence-corrected chi connectivity index (χ4v) is 0.878. The highest BCUT2D eigenvalue weighted by Crippen LogP contribution is 1.98. The van der Waals surface area contributed by atoms with Gasteiger partial charge in [-0.05, 0) is 12.1 Å². The van der Waals surface area contributed by atoms with E-state index >= 15 is 0 Å². The average molecular weight is 197 g/mol. The summed E-state index contributed by atoms with van der Waals surface area (Å²) in [4.78, 5) is 15.0. The molecule has 0 unspecified atom stereocenters. The summed E-state index contributed by atoms with van der Waals surface area (Å²) in [5.41, 5.74) is 0. The number of nitrogens with one attached hydrogen (secondary N) is 2. The van der Waals surface area contributed by atoms with Crippen molar-refractivity contribution in [2.75, 3.05) is 17.6 Å². The first kappa shape index (κ1) is 9.85. The van der Waals surface area contributed by atoms with Crippen molar-refractivity contribution in [3.8, 4) is 0 Å². The van der Waals surface area contributed by atoms with Crippen LogP contribution in [0.25, 0.3) is 0 Å². The topological polar surface area (TPSA) is 54.0 Å². The van der Waals surface area contributed by atoms with Gasteiger partial charge in [0.25, 0.3) is 0 Å². The van der Waals surface area contributed by atoms with Crippen molar-refractivity contribution in [3.05, 3.63) is 24.4 Å². The largest absolute Gasteiger partial charge is 0.337 e. The van der Waals surface area contributed by atoms with Crippen LogP contribution in [0, 0.1) is 0 Å². The first-order chi connectivity index (χ1) is 6.33. The molecule has 0 aliphatic carbocycles. The molecule has 0 bridgehead atoms. The smallest absolute Gasteiger partial charge is 0.320 e. The van der Waals surface area contributed by atoms with Gasteiger partial charge in [0.15, 0.2) is 0 Å². The van der Waals surface area contributed by atoms with Crippen LogP contribution in [0.1, 0.15) is 0 Å². The lowest BCUT2D eigenvalue weighted by molar-refractivity contribution is 0.252. The number of urea groups is 1. The van der Waals surface area contributed by atoms with Crippen molar-refractivity contribution in [1.82, 2.24) is 10.3 Å². The highest BCUT2D eigenvalue weighted by molar-refractivity contribution is 7.80. The van der Waals surface area contributed by atoms with Gasteiger partial charge in [0.05, 0.1) is 0 Å². The van der Waals surface area contributed by atoms with Gasteiger partial charge in [0.1, 0.15) is 5.82 Å². The second-order valence-electron chi connectivity index (χ2n) is 2.32. The van der Waals surface area contributed by atoms with E-state index in [0.717, 1.165) is 0 Å². The summed E-state index contributed by atoms with van der Waals surface area (Å²) in [6.45, 7) is 0.543. The predicted octanol–water partition coefficient (Wildman–Crippen LogP) is 1.13. The van der Waals surface area contributed by atoms with E-state index in [9.17, 15) is 4.79 Å². The average Bonchev–Trinajstić information content (AvgIpc) is 2.16. The van der Waals surface area contributed by atoms with Gasteiger partial charge < -0.3 is 5.32 Å². The molecule has 5 heteroatoms. The molecule has 1 heterocycles. The Bertz CT molecular complexity index is 265. The molecule has 0 fully saturated rings. The summed E-state index contributed by atoms with van der Waals surface area (Å²) in [6, 6.07) is 5.06. The van der Waals surface area contributed by atoms with Crippen molar-refractivity contribution >= 4 is 24.5 Å². The van der Waals surface area contributed by atoms with E-state index in [-0.39, 0.29) is 6.03 Å². The Morgan fingerprint density at radius 1 is 1.54 bits per heavy atom. The van der Waals surface area contributed by atoms with Gasteiger partial charge in [0, 0.05) is 18.5 Å². The number of nitrogens with zero attached hydrogens (tertiary/aromatic N) is 1. The Hall–Kier alpha value is -1.23. The van der Waals surface area contributed by atoms with Crippen molar-refractivity contribution in [2.24, 2.45) is 0 Å². The molecule has 4 nitrogen and oxygen atoms in total. The zero-order valence-electron chi connectivity index (χ0n) is 7.03. The second-order valence-corrected chi connectivity index (χ2v) is 2.77. The van der Waals surface area contributed by atoms with Crippen LogP contribution in [0.5, 0.6) is 0 Å². The standard InChI is InChI=1S/C8H11N3OS/c12-8(10-5-6-13)11-7-3-1-2-4-9-7/h1-4,13H,5-6H2,(H2,9,10,11,12). The van der Waals surface area contributed by atoms with E-state index in [1.165, 1.54) is 0 Å².